The molecule has 2 bridgehead atoms. The molecule has 5 rings (SSSR count). The first-order valence-corrected chi connectivity index (χ1v) is 7.40. The van der Waals surface area contributed by atoms with E-state index in [-0.39, 0.29) is 41.2 Å². The topological polar surface area (TPSA) is 37.4 Å². The van der Waals surface area contributed by atoms with Gasteiger partial charge in [0.2, 0.25) is 11.8 Å². The normalized spacial score (nSPS) is 33.7. The Morgan fingerprint density at radius 3 is 2.14 bits per heavy atom. The lowest BCUT2D eigenvalue weighted by Crippen LogP contribution is -2.38. The number of hydrogen-bond acceptors (Lipinski definition) is 2. The Kier molecular flexibility index (Phi) is 2.59. The van der Waals surface area contributed by atoms with Crippen LogP contribution < -0.4 is 4.90 Å². The van der Waals surface area contributed by atoms with Crippen LogP contribution in [0.3, 0.4) is 0 Å². The molecule has 1 aromatic carbocycles. The van der Waals surface area contributed by atoms with Crippen LogP contribution in [-0.4, -0.2) is 11.8 Å². The Labute approximate surface area is 122 Å². The summed E-state index contributed by atoms with van der Waals surface area (Å²) >= 11 is 0. The van der Waals surface area contributed by atoms with Crippen molar-refractivity contribution in [1.82, 2.24) is 0 Å². The Morgan fingerprint density at radius 1 is 1.05 bits per heavy atom. The number of amides is 2. The minimum atomic E-state index is -0.513. The summed E-state index contributed by atoms with van der Waals surface area (Å²) in [6.45, 7) is 1.83. The van der Waals surface area contributed by atoms with E-state index in [0.29, 0.717) is 0 Å². The van der Waals surface area contributed by atoms with Crippen LogP contribution in [0.5, 0.6) is 0 Å². The van der Waals surface area contributed by atoms with E-state index in [9.17, 15) is 14.0 Å². The number of hydrogen-bond donors (Lipinski definition) is 0. The summed E-state index contributed by atoms with van der Waals surface area (Å²) in [6, 6.07) is 4.54. The zero-order valence-corrected chi connectivity index (χ0v) is 11.8. The first kappa shape index (κ1) is 12.7. The third-order valence-corrected chi connectivity index (χ3v) is 5.10. The van der Waals surface area contributed by atoms with Gasteiger partial charge in [0.25, 0.3) is 0 Å². The predicted molar refractivity (Wildman–Crippen MR) is 76.0 cm³/mol. The molecule has 0 N–H and O–H groups in total. The Hall–Kier alpha value is -1.97. The van der Waals surface area contributed by atoms with Gasteiger partial charge >= 0.3 is 0 Å². The molecule has 4 aliphatic rings. The fourth-order valence-corrected chi connectivity index (χ4v) is 4.11. The average Bonchev–Trinajstić information content (AvgIpc) is 2.77. The van der Waals surface area contributed by atoms with Crippen molar-refractivity contribution in [3.05, 3.63) is 41.7 Å². The largest absolute Gasteiger partial charge is 0.274 e. The maximum absolute atomic E-state index is 14.1. The van der Waals surface area contributed by atoms with Crippen molar-refractivity contribution in [2.24, 2.45) is 23.7 Å². The van der Waals surface area contributed by atoms with Crippen molar-refractivity contribution in [3.8, 4) is 0 Å². The van der Waals surface area contributed by atoms with Gasteiger partial charge in [-0.15, -0.1) is 0 Å². The van der Waals surface area contributed by atoms with Gasteiger partial charge in [-0.25, -0.2) is 9.29 Å². The molecule has 0 unspecified atom stereocenters. The fraction of sp³-hybridized carbons (Fsp3) is 0.412. The number of carbonyl (C=O) groups excluding carboxylic acids is 2. The number of carbonyl (C=O) groups is 2. The number of nitrogens with zero attached hydrogens (tertiary/aromatic N) is 1. The molecule has 1 aromatic rings. The van der Waals surface area contributed by atoms with Crippen molar-refractivity contribution in [2.75, 3.05) is 4.90 Å². The summed E-state index contributed by atoms with van der Waals surface area (Å²) in [6.07, 6.45) is 6.03. The Bertz CT molecular complexity index is 649. The van der Waals surface area contributed by atoms with E-state index < -0.39 is 5.82 Å². The minimum absolute atomic E-state index is 0.110. The highest BCUT2D eigenvalue weighted by atomic mass is 19.1. The number of rotatable bonds is 1. The van der Waals surface area contributed by atoms with Crippen molar-refractivity contribution in [2.45, 2.75) is 19.8 Å². The van der Waals surface area contributed by atoms with Gasteiger partial charge in [0.05, 0.1) is 17.5 Å². The first-order chi connectivity index (χ1) is 10.1. The van der Waals surface area contributed by atoms with Gasteiger partial charge in [-0.3, -0.25) is 9.59 Å². The summed E-state index contributed by atoms with van der Waals surface area (Å²) in [7, 11) is 0. The number of imide groups is 1. The molecule has 4 atom stereocenters. The van der Waals surface area contributed by atoms with E-state index >= 15 is 0 Å². The number of benzene rings is 1. The van der Waals surface area contributed by atoms with Gasteiger partial charge in [-0.2, -0.15) is 0 Å². The molecule has 108 valence electrons. The van der Waals surface area contributed by atoms with Crippen LogP contribution in [0.15, 0.2) is 30.4 Å². The van der Waals surface area contributed by atoms with Crippen LogP contribution in [0.4, 0.5) is 10.1 Å². The molecule has 0 radical (unpaired) electrons. The van der Waals surface area contributed by atoms with Crippen LogP contribution in [0.25, 0.3) is 0 Å². The zero-order valence-electron chi connectivity index (χ0n) is 11.8. The van der Waals surface area contributed by atoms with Gasteiger partial charge in [-0.1, -0.05) is 18.2 Å². The van der Waals surface area contributed by atoms with Crippen LogP contribution >= 0.6 is 0 Å². The molecule has 1 heterocycles. The SMILES string of the molecule is Cc1ccc(F)c(N2C(=O)[C@@H]3[C@@H](C2=O)[C@@H]2C=C[C@@H]3CC2)c1. The van der Waals surface area contributed by atoms with Gasteiger partial charge < -0.3 is 0 Å². The summed E-state index contributed by atoms with van der Waals surface area (Å²) in [5.74, 6) is -1.28. The molecule has 1 saturated carbocycles. The molecular formula is C17H16FNO2. The second-order valence-electron chi connectivity index (χ2n) is 6.31. The standard InChI is InChI=1S/C17H16FNO2/c1-9-2-7-12(18)13(8-9)19-16(20)14-10-3-4-11(6-5-10)15(14)17(19)21/h2-4,7-8,10-11,14-15H,5-6H2,1H3/t10-,11-,14+,15+/m1/s1. The predicted octanol–water partition coefficient (Wildman–Crippen LogP) is 2.84. The lowest BCUT2D eigenvalue weighted by molar-refractivity contribution is -0.124. The second kappa shape index (κ2) is 4.26. The van der Waals surface area contributed by atoms with Crippen LogP contribution in [-0.2, 0) is 9.59 Å². The molecule has 2 fully saturated rings. The second-order valence-corrected chi connectivity index (χ2v) is 6.31. The number of anilines is 1. The van der Waals surface area contributed by atoms with Gasteiger partial charge in [0.15, 0.2) is 0 Å². The maximum atomic E-state index is 14.1. The van der Waals surface area contributed by atoms with Gasteiger partial charge in [0, 0.05) is 0 Å². The van der Waals surface area contributed by atoms with Crippen molar-refractivity contribution >= 4 is 17.5 Å². The van der Waals surface area contributed by atoms with Gasteiger partial charge in [0.1, 0.15) is 5.82 Å². The van der Waals surface area contributed by atoms with Crippen molar-refractivity contribution in [1.29, 1.82) is 0 Å². The average molecular weight is 285 g/mol. The molecule has 4 heteroatoms. The monoisotopic (exact) mass is 285 g/mol. The Morgan fingerprint density at radius 2 is 1.62 bits per heavy atom. The highest BCUT2D eigenvalue weighted by Gasteiger charge is 2.57. The van der Waals surface area contributed by atoms with Crippen molar-refractivity contribution in [3.63, 3.8) is 0 Å². The lowest BCUT2D eigenvalue weighted by Gasteiger charge is -2.38. The number of halogens is 1. The van der Waals surface area contributed by atoms with E-state index in [4.69, 9.17) is 0 Å². The van der Waals surface area contributed by atoms with E-state index in [2.05, 4.69) is 12.2 Å². The molecule has 0 spiro atoms. The fourth-order valence-electron chi connectivity index (χ4n) is 4.11. The highest BCUT2D eigenvalue weighted by Crippen LogP contribution is 2.50. The van der Waals surface area contributed by atoms with Crippen molar-refractivity contribution < 1.29 is 14.0 Å². The smallest absolute Gasteiger partial charge is 0.238 e. The van der Waals surface area contributed by atoms with E-state index in [0.717, 1.165) is 23.3 Å². The summed E-state index contributed by atoms with van der Waals surface area (Å²) in [5, 5.41) is 0. The molecular weight excluding hydrogens is 269 g/mol. The molecule has 0 aromatic heterocycles. The quantitative estimate of drug-likeness (QED) is 0.588. The zero-order chi connectivity index (χ0) is 14.7. The molecule has 1 aliphatic heterocycles. The molecule has 21 heavy (non-hydrogen) atoms. The Balaban J connectivity index is 1.80. The number of aryl methyl sites for hydroxylation is 1. The summed E-state index contributed by atoms with van der Waals surface area (Å²) in [5.41, 5.74) is 0.946. The highest BCUT2D eigenvalue weighted by molar-refractivity contribution is 6.22. The lowest BCUT2D eigenvalue weighted by atomic mass is 9.63. The third kappa shape index (κ3) is 1.65. The number of allylic oxidation sites excluding steroid dienone is 2. The maximum Gasteiger partial charge on any atom is 0.238 e. The van der Waals surface area contributed by atoms with E-state index in [1.807, 2.05) is 6.92 Å². The molecule has 1 saturated heterocycles. The molecule has 3 aliphatic carbocycles. The third-order valence-electron chi connectivity index (χ3n) is 5.10. The summed E-state index contributed by atoms with van der Waals surface area (Å²) in [4.78, 5) is 26.5. The van der Waals surface area contributed by atoms with E-state index in [1.165, 1.54) is 6.07 Å². The molecule has 2 amide bonds. The van der Waals surface area contributed by atoms with Crippen LogP contribution in [0.2, 0.25) is 0 Å². The summed E-state index contributed by atoms with van der Waals surface area (Å²) < 4.78 is 14.1. The first-order valence-electron chi connectivity index (χ1n) is 7.40. The van der Waals surface area contributed by atoms with Crippen LogP contribution in [0.1, 0.15) is 18.4 Å². The van der Waals surface area contributed by atoms with Crippen LogP contribution in [0, 0.1) is 36.4 Å². The minimum Gasteiger partial charge on any atom is -0.274 e. The number of fused-ring (bicyclic) bond motifs is 1. The molecule has 3 nitrogen and oxygen atoms in total. The van der Waals surface area contributed by atoms with Gasteiger partial charge in [-0.05, 0) is 49.3 Å². The van der Waals surface area contributed by atoms with E-state index in [1.54, 1.807) is 12.1 Å².